The maximum atomic E-state index is 5.14. The van der Waals surface area contributed by atoms with E-state index in [1.807, 2.05) is 12.3 Å². The van der Waals surface area contributed by atoms with Gasteiger partial charge in [0.15, 0.2) is 0 Å². The molecule has 0 bridgehead atoms. The molecule has 1 unspecified atom stereocenters. The van der Waals surface area contributed by atoms with E-state index >= 15 is 0 Å². The number of nitrogens with one attached hydrogen (secondary N) is 1. The minimum Gasteiger partial charge on any atom is -0.472 e. The fraction of sp³-hybridized carbons (Fsp3) is 0.733. The van der Waals surface area contributed by atoms with Crippen LogP contribution in [0, 0.1) is 0 Å². The van der Waals surface area contributed by atoms with Crippen LogP contribution in [0.5, 0.6) is 0 Å². The van der Waals surface area contributed by atoms with Crippen LogP contribution in [0.2, 0.25) is 0 Å². The first-order chi connectivity index (χ1) is 8.47. The van der Waals surface area contributed by atoms with Crippen molar-refractivity contribution in [3.63, 3.8) is 0 Å². The number of hydrogen-bond donors (Lipinski definition) is 1. The van der Waals surface area contributed by atoms with Gasteiger partial charge in [0.25, 0.3) is 0 Å². The van der Waals surface area contributed by atoms with Gasteiger partial charge in [0.1, 0.15) is 0 Å². The molecule has 1 aromatic rings. The van der Waals surface area contributed by atoms with E-state index in [4.69, 9.17) is 4.42 Å². The highest BCUT2D eigenvalue weighted by Crippen LogP contribution is 2.22. The van der Waals surface area contributed by atoms with Crippen molar-refractivity contribution in [3.05, 3.63) is 24.2 Å². The Morgan fingerprint density at radius 2 is 2.00 bits per heavy atom. The van der Waals surface area contributed by atoms with E-state index in [2.05, 4.69) is 37.9 Å². The van der Waals surface area contributed by atoms with E-state index in [-0.39, 0.29) is 0 Å². The second-order valence-electron chi connectivity index (χ2n) is 6.38. The van der Waals surface area contributed by atoms with Gasteiger partial charge in [0.2, 0.25) is 0 Å². The molecule has 0 amide bonds. The Morgan fingerprint density at radius 3 is 2.50 bits per heavy atom. The van der Waals surface area contributed by atoms with Gasteiger partial charge in [-0.3, -0.25) is 4.90 Å². The van der Waals surface area contributed by atoms with E-state index in [1.165, 1.54) is 31.5 Å². The maximum Gasteiger partial charge on any atom is 0.0950 e. The summed E-state index contributed by atoms with van der Waals surface area (Å²) in [7, 11) is 0. The van der Waals surface area contributed by atoms with Crippen LogP contribution in [0.3, 0.4) is 0 Å². The highest BCUT2D eigenvalue weighted by Gasteiger charge is 2.27. The number of nitrogens with zero attached hydrogens (tertiary/aromatic N) is 1. The Hall–Kier alpha value is -0.800. The summed E-state index contributed by atoms with van der Waals surface area (Å²) in [5.74, 6) is 0. The summed E-state index contributed by atoms with van der Waals surface area (Å²) in [4.78, 5) is 2.58. The molecule has 1 fully saturated rings. The monoisotopic (exact) mass is 250 g/mol. The van der Waals surface area contributed by atoms with Crippen LogP contribution in [0.4, 0.5) is 0 Å². The molecule has 1 aromatic heterocycles. The van der Waals surface area contributed by atoms with Crippen LogP contribution in [-0.2, 0) is 0 Å². The van der Waals surface area contributed by atoms with Gasteiger partial charge in [-0.15, -0.1) is 0 Å². The zero-order valence-electron chi connectivity index (χ0n) is 12.1. The average Bonchev–Trinajstić information content (AvgIpc) is 2.82. The van der Waals surface area contributed by atoms with Gasteiger partial charge in [-0.2, -0.15) is 0 Å². The molecule has 0 spiro atoms. The molecule has 1 aliphatic rings. The topological polar surface area (TPSA) is 28.4 Å². The number of piperidine rings is 1. The van der Waals surface area contributed by atoms with E-state index < -0.39 is 0 Å². The predicted octanol–water partition coefficient (Wildman–Crippen LogP) is 3.19. The van der Waals surface area contributed by atoms with Gasteiger partial charge in [-0.1, -0.05) is 0 Å². The van der Waals surface area contributed by atoms with Gasteiger partial charge in [-0.25, -0.2) is 0 Å². The molecule has 2 rings (SSSR count). The fourth-order valence-corrected chi connectivity index (χ4v) is 2.69. The third-order valence-electron chi connectivity index (χ3n) is 3.97. The molecule has 3 nitrogen and oxygen atoms in total. The summed E-state index contributed by atoms with van der Waals surface area (Å²) >= 11 is 0. The van der Waals surface area contributed by atoms with Crippen LogP contribution in [0.1, 0.15) is 52.1 Å². The largest absolute Gasteiger partial charge is 0.472 e. The minimum absolute atomic E-state index is 0.307. The van der Waals surface area contributed by atoms with E-state index in [1.54, 1.807) is 6.26 Å². The van der Waals surface area contributed by atoms with Gasteiger partial charge >= 0.3 is 0 Å². The normalized spacial score (nSPS) is 21.1. The number of likely N-dealkylation sites (tertiary alicyclic amines) is 1. The van der Waals surface area contributed by atoms with E-state index in [0.29, 0.717) is 17.6 Å². The highest BCUT2D eigenvalue weighted by molar-refractivity contribution is 5.10. The van der Waals surface area contributed by atoms with Crippen LogP contribution in [0.15, 0.2) is 23.0 Å². The standard InChI is InChI=1S/C15H26N2O/c1-12(13-7-10-18-11-13)16-14-5-8-17(9-6-14)15(2,3)4/h7,10-12,14,16H,5-6,8-9H2,1-4H3. The second-order valence-corrected chi connectivity index (χ2v) is 6.38. The number of hydrogen-bond acceptors (Lipinski definition) is 3. The predicted molar refractivity (Wildman–Crippen MR) is 74.6 cm³/mol. The molecule has 1 atom stereocenters. The summed E-state index contributed by atoms with van der Waals surface area (Å²) in [6.07, 6.45) is 6.05. The first kappa shape index (κ1) is 13.6. The van der Waals surface area contributed by atoms with Crippen molar-refractivity contribution < 1.29 is 4.42 Å². The van der Waals surface area contributed by atoms with Crippen molar-refractivity contribution in [2.45, 2.75) is 58.2 Å². The maximum absolute atomic E-state index is 5.14. The summed E-state index contributed by atoms with van der Waals surface area (Å²) in [6.45, 7) is 11.5. The minimum atomic E-state index is 0.307. The summed E-state index contributed by atoms with van der Waals surface area (Å²) in [5, 5.41) is 3.71. The zero-order chi connectivity index (χ0) is 13.2. The smallest absolute Gasteiger partial charge is 0.0950 e. The Morgan fingerprint density at radius 1 is 1.33 bits per heavy atom. The number of rotatable bonds is 3. The molecule has 0 radical (unpaired) electrons. The highest BCUT2D eigenvalue weighted by atomic mass is 16.3. The molecule has 0 aliphatic carbocycles. The Labute approximate surface area is 111 Å². The van der Waals surface area contributed by atoms with Crippen molar-refractivity contribution >= 4 is 0 Å². The molecule has 18 heavy (non-hydrogen) atoms. The lowest BCUT2D eigenvalue weighted by molar-refractivity contribution is 0.0942. The lowest BCUT2D eigenvalue weighted by Gasteiger charge is -2.41. The molecule has 3 heteroatoms. The summed E-state index contributed by atoms with van der Waals surface area (Å²) in [6, 6.07) is 3.06. The quantitative estimate of drug-likeness (QED) is 0.893. The van der Waals surface area contributed by atoms with Crippen molar-refractivity contribution in [2.24, 2.45) is 0 Å². The lowest BCUT2D eigenvalue weighted by Crippen LogP contribution is -2.50. The van der Waals surface area contributed by atoms with Crippen molar-refractivity contribution in [2.75, 3.05) is 13.1 Å². The Kier molecular flexibility index (Phi) is 4.13. The van der Waals surface area contributed by atoms with Crippen LogP contribution >= 0.6 is 0 Å². The Bertz CT molecular complexity index is 345. The van der Waals surface area contributed by atoms with Crippen molar-refractivity contribution in [3.8, 4) is 0 Å². The van der Waals surface area contributed by atoms with E-state index in [0.717, 1.165) is 0 Å². The lowest BCUT2D eigenvalue weighted by atomic mass is 9.97. The molecule has 1 saturated heterocycles. The molecular weight excluding hydrogens is 224 g/mol. The van der Waals surface area contributed by atoms with Crippen LogP contribution in [-0.4, -0.2) is 29.6 Å². The molecule has 1 N–H and O–H groups in total. The van der Waals surface area contributed by atoms with Gasteiger partial charge in [-0.05, 0) is 46.6 Å². The van der Waals surface area contributed by atoms with Crippen molar-refractivity contribution in [1.82, 2.24) is 10.2 Å². The first-order valence-corrected chi connectivity index (χ1v) is 7.00. The molecule has 1 aliphatic heterocycles. The molecule has 0 aromatic carbocycles. The van der Waals surface area contributed by atoms with Gasteiger partial charge in [0.05, 0.1) is 12.5 Å². The average molecular weight is 250 g/mol. The Balaban J connectivity index is 1.80. The molecule has 2 heterocycles. The first-order valence-electron chi connectivity index (χ1n) is 7.00. The summed E-state index contributed by atoms with van der Waals surface area (Å²) < 4.78 is 5.14. The van der Waals surface area contributed by atoms with Crippen LogP contribution in [0.25, 0.3) is 0 Å². The fourth-order valence-electron chi connectivity index (χ4n) is 2.69. The molecular formula is C15H26N2O. The van der Waals surface area contributed by atoms with Gasteiger partial charge < -0.3 is 9.73 Å². The third kappa shape index (κ3) is 3.36. The molecule has 102 valence electrons. The molecule has 0 saturated carbocycles. The van der Waals surface area contributed by atoms with E-state index in [9.17, 15) is 0 Å². The van der Waals surface area contributed by atoms with Crippen molar-refractivity contribution in [1.29, 1.82) is 0 Å². The third-order valence-corrected chi connectivity index (χ3v) is 3.97. The number of furan rings is 1. The second kappa shape index (κ2) is 5.45. The SMILES string of the molecule is CC(NC1CCN(C(C)(C)C)CC1)c1ccoc1. The summed E-state index contributed by atoms with van der Waals surface area (Å²) in [5.41, 5.74) is 1.55. The van der Waals surface area contributed by atoms with Crippen LogP contribution < -0.4 is 5.32 Å². The van der Waals surface area contributed by atoms with Gasteiger partial charge in [0, 0.05) is 36.3 Å². The zero-order valence-corrected chi connectivity index (χ0v) is 12.1.